The van der Waals surface area contributed by atoms with Gasteiger partial charge in [0.25, 0.3) is 0 Å². The summed E-state index contributed by atoms with van der Waals surface area (Å²) in [6.45, 7) is -0.922. The van der Waals surface area contributed by atoms with Crippen LogP contribution in [0.5, 0.6) is 5.75 Å². The average molecular weight is 469 g/mol. The molecular formula is C20H18Cl2N2O7. The van der Waals surface area contributed by atoms with Gasteiger partial charge in [0, 0.05) is 22.0 Å². The maximum absolute atomic E-state index is 13.0. The molecule has 2 aromatic carbocycles. The van der Waals surface area contributed by atoms with Crippen molar-refractivity contribution in [2.45, 2.75) is 12.2 Å². The Hall–Kier alpha value is -2.82. The van der Waals surface area contributed by atoms with Gasteiger partial charge in [0.1, 0.15) is 35.8 Å². The van der Waals surface area contributed by atoms with E-state index in [4.69, 9.17) is 43.2 Å². The molecule has 0 aliphatic carbocycles. The number of carbonyl (C=O) groups is 2. The van der Waals surface area contributed by atoms with Crippen LogP contribution in [0.4, 0.5) is 10.5 Å². The largest absolute Gasteiger partial charge is 0.491 e. The number of carbonyl (C=O) groups excluding carboxylic acids is 2. The van der Waals surface area contributed by atoms with E-state index in [0.717, 1.165) is 0 Å². The number of fused-ring (bicyclic) bond motifs is 1. The quantitative estimate of drug-likeness (QED) is 0.318. The van der Waals surface area contributed by atoms with Crippen LogP contribution in [0.2, 0.25) is 10.0 Å². The minimum Gasteiger partial charge on any atom is -0.491 e. The van der Waals surface area contributed by atoms with Crippen molar-refractivity contribution in [3.05, 3.63) is 57.8 Å². The number of amides is 2. The van der Waals surface area contributed by atoms with Gasteiger partial charge in [-0.1, -0.05) is 23.2 Å². The van der Waals surface area contributed by atoms with Crippen molar-refractivity contribution in [1.29, 1.82) is 0 Å². The molecule has 31 heavy (non-hydrogen) atoms. The number of ketones is 1. The van der Waals surface area contributed by atoms with Gasteiger partial charge in [0.2, 0.25) is 5.78 Å². The van der Waals surface area contributed by atoms with Crippen molar-refractivity contribution in [3.63, 3.8) is 0 Å². The van der Waals surface area contributed by atoms with Crippen LogP contribution >= 0.6 is 23.2 Å². The van der Waals surface area contributed by atoms with Gasteiger partial charge in [-0.3, -0.25) is 4.79 Å². The lowest BCUT2D eigenvalue weighted by Gasteiger charge is -2.16. The molecule has 2 atom stereocenters. The molecule has 0 aliphatic rings. The molecule has 0 spiro atoms. The number of nitrogens with one attached hydrogen (secondary N) is 1. The summed E-state index contributed by atoms with van der Waals surface area (Å²) in [4.78, 5) is 24.5. The van der Waals surface area contributed by atoms with E-state index in [0.29, 0.717) is 10.4 Å². The molecule has 164 valence electrons. The average Bonchev–Trinajstić information content (AvgIpc) is 3.08. The predicted molar refractivity (Wildman–Crippen MR) is 114 cm³/mol. The highest BCUT2D eigenvalue weighted by molar-refractivity contribution is 6.37. The fourth-order valence-electron chi connectivity index (χ4n) is 2.78. The van der Waals surface area contributed by atoms with Crippen molar-refractivity contribution in [1.82, 2.24) is 0 Å². The van der Waals surface area contributed by atoms with Crippen molar-refractivity contribution < 1.29 is 34.1 Å². The molecule has 9 nitrogen and oxygen atoms in total. The first-order valence-electron chi connectivity index (χ1n) is 8.93. The molecular weight excluding hydrogens is 451 g/mol. The van der Waals surface area contributed by atoms with Gasteiger partial charge in [0.15, 0.2) is 5.76 Å². The highest BCUT2D eigenvalue weighted by atomic mass is 35.5. The summed E-state index contributed by atoms with van der Waals surface area (Å²) in [5, 5.41) is 31.2. The molecule has 0 fully saturated rings. The first-order chi connectivity index (χ1) is 14.7. The Balaban J connectivity index is 1.98. The fraction of sp³-hybridized carbons (Fsp3) is 0.200. The predicted octanol–water partition coefficient (Wildman–Crippen LogP) is 2.55. The summed E-state index contributed by atoms with van der Waals surface area (Å²) in [5.74, 6) is -0.559. The summed E-state index contributed by atoms with van der Waals surface area (Å²) < 4.78 is 11.1. The zero-order valence-corrected chi connectivity index (χ0v) is 17.4. The highest BCUT2D eigenvalue weighted by Crippen LogP contribution is 2.36. The van der Waals surface area contributed by atoms with E-state index in [1.165, 1.54) is 36.4 Å². The first-order valence-corrected chi connectivity index (χ1v) is 9.69. The lowest BCUT2D eigenvalue weighted by atomic mass is 10.1. The topological polar surface area (TPSA) is 155 Å². The molecule has 3 rings (SSSR count). The number of nitrogens with two attached hydrogens (primary N) is 1. The smallest absolute Gasteiger partial charge is 0.316 e. The summed E-state index contributed by atoms with van der Waals surface area (Å²) >= 11 is 12.0. The second kappa shape index (κ2) is 9.54. The van der Waals surface area contributed by atoms with Gasteiger partial charge in [-0.2, -0.15) is 0 Å². The van der Waals surface area contributed by atoms with E-state index < -0.39 is 30.6 Å². The van der Waals surface area contributed by atoms with Crippen LogP contribution in [0, 0.1) is 0 Å². The molecule has 2 amide bonds. The molecule has 3 aromatic rings. The minimum absolute atomic E-state index is 0.0563. The van der Waals surface area contributed by atoms with E-state index in [1.807, 2.05) is 0 Å². The Kier molecular flexibility index (Phi) is 7.04. The summed E-state index contributed by atoms with van der Waals surface area (Å²) in [6.07, 6.45) is -2.67. The van der Waals surface area contributed by atoms with Gasteiger partial charge in [-0.05, 0) is 30.3 Å². The Morgan fingerprint density at radius 3 is 2.52 bits per heavy atom. The van der Waals surface area contributed by atoms with E-state index in [-0.39, 0.29) is 40.0 Å². The second-order valence-corrected chi connectivity index (χ2v) is 7.38. The zero-order chi connectivity index (χ0) is 22.7. The number of benzene rings is 2. The van der Waals surface area contributed by atoms with Crippen LogP contribution in [0.15, 0.2) is 40.8 Å². The van der Waals surface area contributed by atoms with Crippen LogP contribution in [0.1, 0.15) is 16.1 Å². The monoisotopic (exact) mass is 468 g/mol. The van der Waals surface area contributed by atoms with E-state index in [2.05, 4.69) is 5.32 Å². The molecule has 6 N–H and O–H groups in total. The lowest BCUT2D eigenvalue weighted by molar-refractivity contribution is -0.0339. The van der Waals surface area contributed by atoms with Crippen LogP contribution in [0.25, 0.3) is 11.0 Å². The number of rotatable bonds is 8. The SMILES string of the molecule is NC(=O)Nc1c(C(=O)c2ccc(Cl)cc2Cl)oc2cc(OC[C@H](O)[C@H](O)CO)ccc12. The van der Waals surface area contributed by atoms with Gasteiger partial charge < -0.3 is 35.5 Å². The van der Waals surface area contributed by atoms with Crippen molar-refractivity contribution >= 4 is 51.7 Å². The van der Waals surface area contributed by atoms with Crippen molar-refractivity contribution in [2.24, 2.45) is 5.73 Å². The van der Waals surface area contributed by atoms with Gasteiger partial charge in [-0.15, -0.1) is 0 Å². The summed E-state index contributed by atoms with van der Waals surface area (Å²) in [7, 11) is 0. The third kappa shape index (κ3) is 5.09. The Bertz CT molecular complexity index is 1130. The normalized spacial score (nSPS) is 13.1. The van der Waals surface area contributed by atoms with Crippen LogP contribution in [-0.4, -0.2) is 52.6 Å². The molecule has 1 heterocycles. The van der Waals surface area contributed by atoms with E-state index in [9.17, 15) is 19.8 Å². The minimum atomic E-state index is -1.35. The number of aliphatic hydroxyl groups is 3. The van der Waals surface area contributed by atoms with Crippen molar-refractivity contribution in [2.75, 3.05) is 18.5 Å². The molecule has 1 aromatic heterocycles. The van der Waals surface area contributed by atoms with Crippen molar-refractivity contribution in [3.8, 4) is 5.75 Å². The highest BCUT2D eigenvalue weighted by Gasteiger charge is 2.25. The molecule has 0 saturated heterocycles. The molecule has 0 bridgehead atoms. The fourth-order valence-corrected chi connectivity index (χ4v) is 3.28. The molecule has 11 heteroatoms. The zero-order valence-electron chi connectivity index (χ0n) is 15.8. The third-order valence-corrected chi connectivity index (χ3v) is 4.89. The number of halogens is 2. The maximum atomic E-state index is 13.0. The Morgan fingerprint density at radius 2 is 1.87 bits per heavy atom. The number of primary amides is 1. The van der Waals surface area contributed by atoms with Gasteiger partial charge in [-0.25, -0.2) is 4.79 Å². The van der Waals surface area contributed by atoms with Crippen LogP contribution in [0.3, 0.4) is 0 Å². The maximum Gasteiger partial charge on any atom is 0.316 e. The summed E-state index contributed by atoms with van der Waals surface area (Å²) in [6, 6.07) is 7.87. The summed E-state index contributed by atoms with van der Waals surface area (Å²) in [5.41, 5.74) is 5.59. The van der Waals surface area contributed by atoms with E-state index >= 15 is 0 Å². The van der Waals surface area contributed by atoms with Gasteiger partial charge >= 0.3 is 6.03 Å². The Labute approximate surface area is 185 Å². The Morgan fingerprint density at radius 1 is 1.13 bits per heavy atom. The van der Waals surface area contributed by atoms with Crippen LogP contribution < -0.4 is 15.8 Å². The van der Waals surface area contributed by atoms with Crippen LogP contribution in [-0.2, 0) is 0 Å². The molecule has 0 radical (unpaired) electrons. The lowest BCUT2D eigenvalue weighted by Crippen LogP contribution is -2.34. The number of urea groups is 1. The second-order valence-electron chi connectivity index (χ2n) is 6.53. The third-order valence-electron chi connectivity index (χ3n) is 4.34. The molecule has 0 unspecified atom stereocenters. The molecule has 0 saturated carbocycles. The number of hydrogen-bond acceptors (Lipinski definition) is 7. The number of ether oxygens (including phenoxy) is 1. The number of furan rings is 1. The first kappa shape index (κ1) is 22.9. The van der Waals surface area contributed by atoms with Gasteiger partial charge in [0.05, 0.1) is 11.6 Å². The standard InChI is InChI=1S/C20H18Cl2N2O7/c21-9-1-3-11(13(22)5-9)18(28)19-17(24-20(23)29)12-4-2-10(6-16(12)31-19)30-8-15(27)14(26)7-25/h1-6,14-15,25-27H,7-8H2,(H3,23,24,29)/t14-,15+/m1/s1. The number of anilines is 1. The number of aliphatic hydroxyl groups excluding tert-OH is 3. The number of hydrogen-bond donors (Lipinski definition) is 5. The van der Waals surface area contributed by atoms with E-state index in [1.54, 1.807) is 0 Å². The molecule has 0 aliphatic heterocycles.